The molecule has 1 fully saturated rings. The number of hydrogen-bond acceptors (Lipinski definition) is 2. The van der Waals surface area contributed by atoms with Gasteiger partial charge in [0, 0.05) is 5.92 Å². The first-order chi connectivity index (χ1) is 7.68. The summed E-state index contributed by atoms with van der Waals surface area (Å²) in [6, 6.07) is 5.24. The molecule has 1 aliphatic carbocycles. The van der Waals surface area contributed by atoms with Crippen molar-refractivity contribution in [2.24, 2.45) is 5.92 Å². The Bertz CT molecular complexity index is 390. The molecule has 2 heteroatoms. The predicted octanol–water partition coefficient (Wildman–Crippen LogP) is 3.46. The number of Topliss-reactive ketones (excluding diaryl/α,β-unsaturated/α-hetero) is 1. The Kier molecular flexibility index (Phi) is 3.28. The van der Waals surface area contributed by atoms with Crippen molar-refractivity contribution in [1.82, 2.24) is 0 Å². The molecule has 16 heavy (non-hydrogen) atoms. The summed E-state index contributed by atoms with van der Waals surface area (Å²) in [5.74, 6) is 0.378. The minimum absolute atomic E-state index is 0.126. The molecule has 0 aliphatic heterocycles. The second-order valence-corrected chi connectivity index (χ2v) is 4.72. The van der Waals surface area contributed by atoms with Gasteiger partial charge in [0.1, 0.15) is 5.75 Å². The van der Waals surface area contributed by atoms with Gasteiger partial charge in [0.2, 0.25) is 0 Å². The second kappa shape index (κ2) is 4.69. The Hall–Kier alpha value is -1.31. The quantitative estimate of drug-likeness (QED) is 0.772. The number of benzene rings is 1. The highest BCUT2D eigenvalue weighted by atomic mass is 16.3. The van der Waals surface area contributed by atoms with Crippen LogP contribution in [0.15, 0.2) is 18.2 Å². The number of ketones is 1. The molecule has 1 aromatic carbocycles. The summed E-state index contributed by atoms with van der Waals surface area (Å²) >= 11 is 0. The van der Waals surface area contributed by atoms with E-state index >= 15 is 0 Å². The first-order valence-corrected chi connectivity index (χ1v) is 6.02. The Labute approximate surface area is 96.3 Å². The second-order valence-electron chi connectivity index (χ2n) is 4.72. The van der Waals surface area contributed by atoms with E-state index in [1.807, 2.05) is 13.0 Å². The van der Waals surface area contributed by atoms with Crippen molar-refractivity contribution in [3.05, 3.63) is 29.3 Å². The maximum atomic E-state index is 12.2. The fourth-order valence-corrected chi connectivity index (χ4v) is 2.43. The largest absolute Gasteiger partial charge is 0.507 e. The van der Waals surface area contributed by atoms with E-state index in [9.17, 15) is 9.90 Å². The van der Waals surface area contributed by atoms with Gasteiger partial charge in [0.05, 0.1) is 5.56 Å². The highest BCUT2D eigenvalue weighted by Gasteiger charge is 2.24. The topological polar surface area (TPSA) is 37.3 Å². The van der Waals surface area contributed by atoms with Crippen molar-refractivity contribution in [3.8, 4) is 5.75 Å². The predicted molar refractivity (Wildman–Crippen MR) is 63.7 cm³/mol. The fourth-order valence-electron chi connectivity index (χ4n) is 2.43. The molecule has 0 spiro atoms. The molecule has 1 N–H and O–H groups in total. The summed E-state index contributed by atoms with van der Waals surface area (Å²) in [5, 5.41) is 9.72. The maximum Gasteiger partial charge on any atom is 0.169 e. The van der Waals surface area contributed by atoms with Gasteiger partial charge < -0.3 is 5.11 Å². The van der Waals surface area contributed by atoms with E-state index in [-0.39, 0.29) is 17.5 Å². The molecule has 2 nitrogen and oxygen atoms in total. The SMILES string of the molecule is Cc1ccc(O)c(C(=O)C2CCCCC2)c1. The van der Waals surface area contributed by atoms with E-state index < -0.39 is 0 Å². The van der Waals surface area contributed by atoms with Crippen LogP contribution in [0.1, 0.15) is 48.0 Å². The molecule has 0 heterocycles. The Morgan fingerprint density at radius 2 is 1.94 bits per heavy atom. The third-order valence-electron chi connectivity index (χ3n) is 3.39. The molecule has 1 aromatic rings. The molecular formula is C14H18O2. The van der Waals surface area contributed by atoms with Gasteiger partial charge in [-0.3, -0.25) is 4.79 Å². The molecule has 0 saturated heterocycles. The molecule has 0 amide bonds. The zero-order chi connectivity index (χ0) is 11.5. The Balaban J connectivity index is 2.22. The van der Waals surface area contributed by atoms with Crippen molar-refractivity contribution >= 4 is 5.78 Å². The highest BCUT2D eigenvalue weighted by Crippen LogP contribution is 2.30. The zero-order valence-corrected chi connectivity index (χ0v) is 9.70. The summed E-state index contributed by atoms with van der Waals surface area (Å²) in [4.78, 5) is 12.2. The molecule has 0 unspecified atom stereocenters. The zero-order valence-electron chi connectivity index (χ0n) is 9.70. The van der Waals surface area contributed by atoms with E-state index in [1.165, 1.54) is 6.42 Å². The van der Waals surface area contributed by atoms with Gasteiger partial charge in [-0.1, -0.05) is 30.9 Å². The standard InChI is InChI=1S/C14H18O2/c1-10-7-8-13(15)12(9-10)14(16)11-5-3-2-4-6-11/h7-9,11,15H,2-6H2,1H3. The number of carbonyl (C=O) groups excluding carboxylic acids is 1. The third kappa shape index (κ3) is 2.26. The summed E-state index contributed by atoms with van der Waals surface area (Å²) in [7, 11) is 0. The van der Waals surface area contributed by atoms with Crippen molar-refractivity contribution in [2.75, 3.05) is 0 Å². The van der Waals surface area contributed by atoms with Gasteiger partial charge in [-0.2, -0.15) is 0 Å². The molecular weight excluding hydrogens is 200 g/mol. The number of aryl methyl sites for hydroxylation is 1. The van der Waals surface area contributed by atoms with Crippen LogP contribution in [0.3, 0.4) is 0 Å². The van der Waals surface area contributed by atoms with Gasteiger partial charge in [0.15, 0.2) is 5.78 Å². The molecule has 0 radical (unpaired) electrons. The third-order valence-corrected chi connectivity index (χ3v) is 3.39. The fraction of sp³-hybridized carbons (Fsp3) is 0.500. The number of phenolic OH excluding ortho intramolecular Hbond substituents is 1. The van der Waals surface area contributed by atoms with Crippen molar-refractivity contribution in [2.45, 2.75) is 39.0 Å². The molecule has 0 atom stereocenters. The highest BCUT2D eigenvalue weighted by molar-refractivity contribution is 6.00. The van der Waals surface area contributed by atoms with Crippen LogP contribution in [0.25, 0.3) is 0 Å². The number of aromatic hydroxyl groups is 1. The number of phenols is 1. The molecule has 1 saturated carbocycles. The monoisotopic (exact) mass is 218 g/mol. The number of rotatable bonds is 2. The summed E-state index contributed by atoms with van der Waals surface area (Å²) in [6.45, 7) is 1.94. The summed E-state index contributed by atoms with van der Waals surface area (Å²) in [6.07, 6.45) is 5.48. The molecule has 86 valence electrons. The van der Waals surface area contributed by atoms with Gasteiger partial charge in [-0.25, -0.2) is 0 Å². The van der Waals surface area contributed by atoms with Crippen molar-refractivity contribution in [3.63, 3.8) is 0 Å². The number of hydrogen-bond donors (Lipinski definition) is 1. The van der Waals surface area contributed by atoms with Crippen LogP contribution in [0.4, 0.5) is 0 Å². The lowest BCUT2D eigenvalue weighted by molar-refractivity contribution is 0.0886. The first-order valence-electron chi connectivity index (χ1n) is 6.02. The van der Waals surface area contributed by atoms with Crippen molar-refractivity contribution < 1.29 is 9.90 Å². The smallest absolute Gasteiger partial charge is 0.169 e. The van der Waals surface area contributed by atoms with Crippen LogP contribution in [-0.2, 0) is 0 Å². The van der Waals surface area contributed by atoms with Crippen LogP contribution >= 0.6 is 0 Å². The van der Waals surface area contributed by atoms with Gasteiger partial charge in [-0.05, 0) is 31.9 Å². The van der Waals surface area contributed by atoms with E-state index in [0.29, 0.717) is 5.56 Å². The minimum Gasteiger partial charge on any atom is -0.507 e. The summed E-state index contributed by atoms with van der Waals surface area (Å²) < 4.78 is 0. The van der Waals surface area contributed by atoms with Crippen molar-refractivity contribution in [1.29, 1.82) is 0 Å². The van der Waals surface area contributed by atoms with Crippen LogP contribution in [0, 0.1) is 12.8 Å². The molecule has 2 rings (SSSR count). The van der Waals surface area contributed by atoms with E-state index in [4.69, 9.17) is 0 Å². The average Bonchev–Trinajstić information content (AvgIpc) is 2.32. The van der Waals surface area contributed by atoms with Gasteiger partial charge >= 0.3 is 0 Å². The van der Waals surface area contributed by atoms with Crippen LogP contribution in [0.2, 0.25) is 0 Å². The minimum atomic E-state index is 0.126. The van der Waals surface area contributed by atoms with Crippen LogP contribution in [-0.4, -0.2) is 10.9 Å². The van der Waals surface area contributed by atoms with E-state index in [0.717, 1.165) is 31.2 Å². The van der Waals surface area contributed by atoms with E-state index in [2.05, 4.69) is 0 Å². The lowest BCUT2D eigenvalue weighted by atomic mass is 9.83. The lowest BCUT2D eigenvalue weighted by Gasteiger charge is -2.20. The number of carbonyl (C=O) groups is 1. The average molecular weight is 218 g/mol. The first kappa shape index (κ1) is 11.2. The van der Waals surface area contributed by atoms with Gasteiger partial charge in [0.25, 0.3) is 0 Å². The maximum absolute atomic E-state index is 12.2. The molecule has 0 bridgehead atoms. The lowest BCUT2D eigenvalue weighted by Crippen LogP contribution is -2.18. The van der Waals surface area contributed by atoms with E-state index in [1.54, 1.807) is 12.1 Å². The van der Waals surface area contributed by atoms with Gasteiger partial charge in [-0.15, -0.1) is 0 Å². The Morgan fingerprint density at radius 1 is 1.25 bits per heavy atom. The normalized spacial score (nSPS) is 17.3. The van der Waals surface area contributed by atoms with Crippen LogP contribution < -0.4 is 0 Å². The van der Waals surface area contributed by atoms with Crippen LogP contribution in [0.5, 0.6) is 5.75 Å². The molecule has 0 aromatic heterocycles. The Morgan fingerprint density at radius 3 is 2.62 bits per heavy atom. The summed E-state index contributed by atoms with van der Waals surface area (Å²) in [5.41, 5.74) is 1.53. The molecule has 1 aliphatic rings.